The average molecular weight is 178 g/mol. The molecule has 3 aliphatic carbocycles. The van der Waals surface area contributed by atoms with E-state index in [1.54, 1.807) is 0 Å². The summed E-state index contributed by atoms with van der Waals surface area (Å²) in [6.07, 6.45) is 3.52. The molecule has 3 rings (SSSR count). The van der Waals surface area contributed by atoms with E-state index in [4.69, 9.17) is 0 Å². The van der Waals surface area contributed by atoms with Crippen molar-refractivity contribution in [1.29, 1.82) is 0 Å². The quantitative estimate of drug-likeness (QED) is 0.557. The van der Waals surface area contributed by atoms with Gasteiger partial charge in [-0.2, -0.15) is 0 Å². The highest BCUT2D eigenvalue weighted by atomic mass is 16.1. The number of carbonyl (C=O) groups excluding carboxylic acids is 1. The number of rotatable bonds is 0. The summed E-state index contributed by atoms with van der Waals surface area (Å²) >= 11 is 0. The van der Waals surface area contributed by atoms with Gasteiger partial charge in [0.05, 0.1) is 0 Å². The van der Waals surface area contributed by atoms with Crippen LogP contribution in [0.1, 0.15) is 40.0 Å². The third-order valence-corrected chi connectivity index (χ3v) is 5.31. The highest BCUT2D eigenvalue weighted by molar-refractivity contribution is 5.89. The zero-order valence-electron chi connectivity index (χ0n) is 8.76. The minimum Gasteiger partial charge on any atom is -0.299 e. The molecule has 0 aromatic rings. The first-order chi connectivity index (χ1) is 5.98. The van der Waals surface area contributed by atoms with Crippen LogP contribution in [0.3, 0.4) is 0 Å². The zero-order valence-corrected chi connectivity index (χ0v) is 8.76. The molecule has 0 aromatic carbocycles. The van der Waals surface area contributed by atoms with Crippen molar-refractivity contribution in [3.63, 3.8) is 0 Å². The number of hydrogen-bond donors (Lipinski definition) is 0. The van der Waals surface area contributed by atoms with E-state index in [-0.39, 0.29) is 0 Å². The highest BCUT2D eigenvalue weighted by Gasteiger charge is 2.75. The van der Waals surface area contributed by atoms with Crippen LogP contribution in [0, 0.1) is 28.6 Å². The van der Waals surface area contributed by atoms with Crippen molar-refractivity contribution in [1.82, 2.24) is 0 Å². The maximum Gasteiger partial charge on any atom is 0.137 e. The van der Waals surface area contributed by atoms with Gasteiger partial charge in [0.25, 0.3) is 0 Å². The summed E-state index contributed by atoms with van der Waals surface area (Å²) in [4.78, 5) is 11.7. The number of ketones is 1. The van der Waals surface area contributed by atoms with Crippen LogP contribution >= 0.6 is 0 Å². The SMILES string of the molecule is CC1(C)CCC2C3C(=O)C[C@@H]1[C@@]23C. The fourth-order valence-corrected chi connectivity index (χ4v) is 4.52. The second kappa shape index (κ2) is 1.87. The van der Waals surface area contributed by atoms with Crippen LogP contribution in [0.5, 0.6) is 0 Å². The van der Waals surface area contributed by atoms with Crippen LogP contribution in [-0.2, 0) is 4.79 Å². The normalized spacial score (nSPS) is 56.2. The Morgan fingerprint density at radius 2 is 2.00 bits per heavy atom. The molecule has 3 fully saturated rings. The van der Waals surface area contributed by atoms with Crippen molar-refractivity contribution in [3.05, 3.63) is 0 Å². The van der Waals surface area contributed by atoms with Crippen molar-refractivity contribution in [2.75, 3.05) is 0 Å². The Labute approximate surface area is 79.9 Å². The van der Waals surface area contributed by atoms with E-state index in [9.17, 15) is 4.79 Å². The fraction of sp³-hybridized carbons (Fsp3) is 0.917. The van der Waals surface area contributed by atoms with Gasteiger partial charge >= 0.3 is 0 Å². The van der Waals surface area contributed by atoms with Crippen LogP contribution in [0.25, 0.3) is 0 Å². The van der Waals surface area contributed by atoms with Crippen LogP contribution in [-0.4, -0.2) is 5.78 Å². The van der Waals surface area contributed by atoms with E-state index >= 15 is 0 Å². The summed E-state index contributed by atoms with van der Waals surface area (Å²) < 4.78 is 0. The fourth-order valence-electron chi connectivity index (χ4n) is 4.52. The Kier molecular flexibility index (Phi) is 1.15. The maximum absolute atomic E-state index is 11.7. The standard InChI is InChI=1S/C12H18O/c1-11(2)5-4-7-10-8(13)6-9(11)12(7,10)3/h7,9-10H,4-6H2,1-3H3/t7?,9-,10?,12+/m0/s1. The molecule has 3 aliphatic rings. The Bertz CT molecular complexity index is 291. The van der Waals surface area contributed by atoms with Crippen LogP contribution in [0.2, 0.25) is 0 Å². The molecule has 1 heteroatoms. The van der Waals surface area contributed by atoms with E-state index < -0.39 is 0 Å². The molecule has 0 saturated heterocycles. The van der Waals surface area contributed by atoms with Gasteiger partial charge in [-0.25, -0.2) is 0 Å². The van der Waals surface area contributed by atoms with E-state index in [1.165, 1.54) is 12.8 Å². The summed E-state index contributed by atoms with van der Waals surface area (Å²) in [6.45, 7) is 7.07. The van der Waals surface area contributed by atoms with Crippen molar-refractivity contribution >= 4 is 5.78 Å². The number of hydrogen-bond acceptors (Lipinski definition) is 1. The van der Waals surface area contributed by atoms with Gasteiger partial charge in [0.1, 0.15) is 5.78 Å². The van der Waals surface area contributed by atoms with Gasteiger partial charge in [0.2, 0.25) is 0 Å². The molecule has 3 saturated carbocycles. The minimum absolute atomic E-state index is 0.423. The molecular formula is C12H18O. The molecule has 0 heterocycles. The highest BCUT2D eigenvalue weighted by Crippen LogP contribution is 2.77. The molecule has 0 aliphatic heterocycles. The molecule has 0 radical (unpaired) electrons. The molecule has 0 aromatic heterocycles. The maximum atomic E-state index is 11.7. The van der Waals surface area contributed by atoms with E-state index in [2.05, 4.69) is 20.8 Å². The lowest BCUT2D eigenvalue weighted by molar-refractivity contribution is -0.121. The third-order valence-electron chi connectivity index (χ3n) is 5.31. The van der Waals surface area contributed by atoms with Gasteiger partial charge in [-0.05, 0) is 35.5 Å². The summed E-state index contributed by atoms with van der Waals surface area (Å²) in [5.41, 5.74) is 0.852. The summed E-state index contributed by atoms with van der Waals surface area (Å²) in [5.74, 6) is 2.51. The van der Waals surface area contributed by atoms with Crippen LogP contribution in [0.4, 0.5) is 0 Å². The lowest BCUT2D eigenvalue weighted by Crippen LogP contribution is -2.34. The van der Waals surface area contributed by atoms with Crippen LogP contribution < -0.4 is 0 Å². The first kappa shape index (κ1) is 8.02. The van der Waals surface area contributed by atoms with Gasteiger partial charge in [-0.3, -0.25) is 4.79 Å². The molecule has 1 nitrogen and oxygen atoms in total. The van der Waals surface area contributed by atoms with Gasteiger partial charge in [0.15, 0.2) is 0 Å². The number of Topliss-reactive ketones (excluding diaryl/α,β-unsaturated/α-hetero) is 1. The van der Waals surface area contributed by atoms with Gasteiger partial charge < -0.3 is 0 Å². The van der Waals surface area contributed by atoms with Gasteiger partial charge in [0, 0.05) is 12.3 Å². The van der Waals surface area contributed by atoms with Gasteiger partial charge in [-0.15, -0.1) is 0 Å². The first-order valence-corrected chi connectivity index (χ1v) is 5.50. The lowest BCUT2D eigenvalue weighted by atomic mass is 9.63. The molecule has 0 bridgehead atoms. The molecule has 2 unspecified atom stereocenters. The van der Waals surface area contributed by atoms with Gasteiger partial charge in [-0.1, -0.05) is 20.8 Å². The van der Waals surface area contributed by atoms with Crippen molar-refractivity contribution in [2.45, 2.75) is 40.0 Å². The predicted octanol–water partition coefficient (Wildman–Crippen LogP) is 2.65. The second-order valence-electron chi connectivity index (χ2n) is 6.20. The van der Waals surface area contributed by atoms with E-state index in [1.807, 2.05) is 0 Å². The zero-order chi connectivity index (χ0) is 9.43. The first-order valence-electron chi connectivity index (χ1n) is 5.50. The molecule has 0 spiro atoms. The summed E-state index contributed by atoms with van der Waals surface area (Å²) in [5, 5.41) is 0. The smallest absolute Gasteiger partial charge is 0.137 e. The average Bonchev–Trinajstić information content (AvgIpc) is 2.53. The third kappa shape index (κ3) is 0.693. The van der Waals surface area contributed by atoms with Crippen molar-refractivity contribution < 1.29 is 4.79 Å². The van der Waals surface area contributed by atoms with Crippen molar-refractivity contribution in [2.24, 2.45) is 28.6 Å². The number of fused-ring (bicyclic) bond motifs is 1. The van der Waals surface area contributed by atoms with E-state index in [0.29, 0.717) is 28.4 Å². The lowest BCUT2D eigenvalue weighted by Gasteiger charge is -2.41. The topological polar surface area (TPSA) is 17.1 Å². The monoisotopic (exact) mass is 178 g/mol. The molecule has 13 heavy (non-hydrogen) atoms. The predicted molar refractivity (Wildman–Crippen MR) is 51.2 cm³/mol. The summed E-state index contributed by atoms with van der Waals surface area (Å²) in [7, 11) is 0. The van der Waals surface area contributed by atoms with Crippen LogP contribution in [0.15, 0.2) is 0 Å². The minimum atomic E-state index is 0.423. The Morgan fingerprint density at radius 3 is 2.62 bits per heavy atom. The molecule has 4 atom stereocenters. The second-order valence-corrected chi connectivity index (χ2v) is 6.20. The largest absolute Gasteiger partial charge is 0.299 e. The Hall–Kier alpha value is -0.330. The van der Waals surface area contributed by atoms with Crippen molar-refractivity contribution in [3.8, 4) is 0 Å². The molecule has 0 amide bonds. The molecular weight excluding hydrogens is 160 g/mol. The molecule has 0 N–H and O–H groups in total. The molecule has 72 valence electrons. The number of carbonyl (C=O) groups is 1. The Morgan fingerprint density at radius 1 is 1.31 bits per heavy atom. The van der Waals surface area contributed by atoms with E-state index in [0.717, 1.165) is 12.3 Å². The summed E-state index contributed by atoms with van der Waals surface area (Å²) in [6, 6.07) is 0. The Balaban J connectivity index is 2.04.